The van der Waals surface area contributed by atoms with E-state index in [0.29, 0.717) is 30.2 Å². The summed E-state index contributed by atoms with van der Waals surface area (Å²) < 4.78 is 16.1. The van der Waals surface area contributed by atoms with Crippen LogP contribution >= 0.6 is 0 Å². The van der Waals surface area contributed by atoms with E-state index in [2.05, 4.69) is 11.4 Å². The molecule has 1 aliphatic heterocycles. The third-order valence-electron chi connectivity index (χ3n) is 4.81. The highest BCUT2D eigenvalue weighted by Crippen LogP contribution is 2.34. The molecule has 1 heterocycles. The zero-order valence-corrected chi connectivity index (χ0v) is 16.1. The zero-order valence-electron chi connectivity index (χ0n) is 16.1. The Labute approximate surface area is 160 Å². The molecule has 1 N–H and O–H groups in total. The summed E-state index contributed by atoms with van der Waals surface area (Å²) >= 11 is 0. The van der Waals surface area contributed by atoms with E-state index < -0.39 is 0 Å². The van der Waals surface area contributed by atoms with Gasteiger partial charge in [-0.15, -0.1) is 0 Å². The Bertz CT molecular complexity index is 807. The van der Waals surface area contributed by atoms with Crippen LogP contribution in [-0.2, 0) is 12.8 Å². The molecule has 6 nitrogen and oxygen atoms in total. The smallest absolute Gasteiger partial charge is 0.321 e. The van der Waals surface area contributed by atoms with Gasteiger partial charge in [-0.25, -0.2) is 4.79 Å². The van der Waals surface area contributed by atoms with Crippen molar-refractivity contribution in [2.45, 2.75) is 19.3 Å². The van der Waals surface area contributed by atoms with E-state index in [1.54, 1.807) is 27.4 Å². The SMILES string of the molecule is COc1cc(OC)c(OC)cc1CCNC(=O)N1CCCc2ccccc21. The molecule has 0 aromatic heterocycles. The summed E-state index contributed by atoms with van der Waals surface area (Å²) in [5, 5.41) is 3.02. The van der Waals surface area contributed by atoms with Crippen molar-refractivity contribution in [3.63, 3.8) is 0 Å². The topological polar surface area (TPSA) is 60.0 Å². The van der Waals surface area contributed by atoms with Crippen molar-refractivity contribution in [3.8, 4) is 17.2 Å². The third kappa shape index (κ3) is 4.10. The Hall–Kier alpha value is -2.89. The molecule has 27 heavy (non-hydrogen) atoms. The normalized spacial score (nSPS) is 12.9. The minimum atomic E-state index is -0.0680. The maximum Gasteiger partial charge on any atom is 0.321 e. The van der Waals surface area contributed by atoms with Gasteiger partial charge >= 0.3 is 6.03 Å². The first-order valence-corrected chi connectivity index (χ1v) is 9.10. The molecule has 0 atom stereocenters. The Morgan fingerprint density at radius 3 is 2.48 bits per heavy atom. The lowest BCUT2D eigenvalue weighted by Crippen LogP contribution is -2.43. The molecule has 0 spiro atoms. The Morgan fingerprint density at radius 1 is 1.04 bits per heavy atom. The van der Waals surface area contributed by atoms with Crippen LogP contribution in [0.5, 0.6) is 17.2 Å². The number of benzene rings is 2. The highest BCUT2D eigenvalue weighted by atomic mass is 16.5. The van der Waals surface area contributed by atoms with E-state index in [4.69, 9.17) is 14.2 Å². The van der Waals surface area contributed by atoms with E-state index in [1.807, 2.05) is 29.2 Å². The van der Waals surface area contributed by atoms with Gasteiger partial charge in [0.05, 0.1) is 21.3 Å². The van der Waals surface area contributed by atoms with Crippen molar-refractivity contribution in [1.82, 2.24) is 5.32 Å². The summed E-state index contributed by atoms with van der Waals surface area (Å²) in [4.78, 5) is 14.5. The second-order valence-electron chi connectivity index (χ2n) is 6.38. The number of hydrogen-bond donors (Lipinski definition) is 1. The highest BCUT2D eigenvalue weighted by Gasteiger charge is 2.22. The van der Waals surface area contributed by atoms with Crippen LogP contribution in [0.4, 0.5) is 10.5 Å². The fourth-order valence-corrected chi connectivity index (χ4v) is 3.43. The number of methoxy groups -OCH3 is 3. The average Bonchev–Trinajstić information content (AvgIpc) is 2.72. The van der Waals surface area contributed by atoms with Gasteiger partial charge in [-0.1, -0.05) is 18.2 Å². The summed E-state index contributed by atoms with van der Waals surface area (Å²) in [5.74, 6) is 1.97. The molecule has 6 heteroatoms. The lowest BCUT2D eigenvalue weighted by molar-refractivity contribution is 0.246. The Balaban J connectivity index is 1.66. The largest absolute Gasteiger partial charge is 0.496 e. The van der Waals surface area contributed by atoms with Crippen molar-refractivity contribution in [3.05, 3.63) is 47.5 Å². The number of anilines is 1. The third-order valence-corrected chi connectivity index (χ3v) is 4.81. The molecule has 3 rings (SSSR count). The van der Waals surface area contributed by atoms with Gasteiger partial charge in [-0.2, -0.15) is 0 Å². The summed E-state index contributed by atoms with van der Waals surface area (Å²) in [7, 11) is 4.81. The van der Waals surface area contributed by atoms with Crippen LogP contribution in [0.1, 0.15) is 17.5 Å². The number of nitrogens with one attached hydrogen (secondary N) is 1. The molecule has 2 aromatic carbocycles. The molecule has 0 aliphatic carbocycles. The lowest BCUT2D eigenvalue weighted by Gasteiger charge is -2.29. The van der Waals surface area contributed by atoms with Gasteiger partial charge in [-0.3, -0.25) is 4.90 Å². The first-order chi connectivity index (χ1) is 13.2. The minimum Gasteiger partial charge on any atom is -0.496 e. The molecular formula is C21H26N2O4. The van der Waals surface area contributed by atoms with Crippen LogP contribution in [0, 0.1) is 0 Å². The molecule has 0 bridgehead atoms. The molecule has 0 fully saturated rings. The number of fused-ring (bicyclic) bond motifs is 1. The molecule has 144 valence electrons. The fourth-order valence-electron chi connectivity index (χ4n) is 3.43. The van der Waals surface area contributed by atoms with Gasteiger partial charge in [0.15, 0.2) is 11.5 Å². The van der Waals surface area contributed by atoms with Crippen LogP contribution in [-0.4, -0.2) is 40.5 Å². The van der Waals surface area contributed by atoms with Crippen molar-refractivity contribution in [1.29, 1.82) is 0 Å². The number of ether oxygens (including phenoxy) is 3. The molecule has 1 aliphatic rings. The number of amides is 2. The van der Waals surface area contributed by atoms with Crippen LogP contribution in [0.2, 0.25) is 0 Å². The molecule has 0 radical (unpaired) electrons. The number of para-hydroxylation sites is 1. The second kappa shape index (κ2) is 8.66. The van der Waals surface area contributed by atoms with Gasteiger partial charge in [0.2, 0.25) is 0 Å². The van der Waals surface area contributed by atoms with E-state index in [0.717, 1.165) is 30.6 Å². The van der Waals surface area contributed by atoms with E-state index >= 15 is 0 Å². The lowest BCUT2D eigenvalue weighted by atomic mass is 10.0. The number of rotatable bonds is 6. The maximum absolute atomic E-state index is 12.7. The second-order valence-corrected chi connectivity index (χ2v) is 6.38. The zero-order chi connectivity index (χ0) is 19.2. The van der Waals surface area contributed by atoms with Gasteiger partial charge in [-0.05, 0) is 42.5 Å². The number of nitrogens with zero attached hydrogens (tertiary/aromatic N) is 1. The summed E-state index contributed by atoms with van der Waals surface area (Å²) in [5.41, 5.74) is 3.18. The first-order valence-electron chi connectivity index (χ1n) is 9.10. The van der Waals surface area contributed by atoms with Crippen molar-refractivity contribution in [2.24, 2.45) is 0 Å². The number of urea groups is 1. The maximum atomic E-state index is 12.7. The van der Waals surface area contributed by atoms with Crippen LogP contribution in [0.15, 0.2) is 36.4 Å². The number of hydrogen-bond acceptors (Lipinski definition) is 4. The molecular weight excluding hydrogens is 344 g/mol. The first kappa shape index (κ1) is 18.9. The number of carbonyl (C=O) groups excluding carboxylic acids is 1. The molecule has 0 unspecified atom stereocenters. The van der Waals surface area contributed by atoms with Crippen LogP contribution < -0.4 is 24.4 Å². The predicted octanol–water partition coefficient (Wildman–Crippen LogP) is 3.42. The van der Waals surface area contributed by atoms with Crippen LogP contribution in [0.25, 0.3) is 0 Å². The molecule has 0 saturated carbocycles. The standard InChI is InChI=1S/C21H26N2O4/c1-25-18-14-20(27-3)19(26-2)13-16(18)10-11-22-21(24)23-12-6-8-15-7-4-5-9-17(15)23/h4-5,7,9,13-14H,6,8,10-12H2,1-3H3,(H,22,24). The van der Waals surface area contributed by atoms with E-state index in [1.165, 1.54) is 5.56 Å². The molecule has 2 amide bonds. The summed E-state index contributed by atoms with van der Waals surface area (Å²) in [6.45, 7) is 1.24. The summed E-state index contributed by atoms with van der Waals surface area (Å²) in [6.07, 6.45) is 2.63. The average molecular weight is 370 g/mol. The minimum absolute atomic E-state index is 0.0680. The van der Waals surface area contributed by atoms with Gasteiger partial charge in [0.1, 0.15) is 5.75 Å². The van der Waals surface area contributed by atoms with Crippen molar-refractivity contribution >= 4 is 11.7 Å². The quantitative estimate of drug-likeness (QED) is 0.846. The van der Waals surface area contributed by atoms with Crippen molar-refractivity contribution < 1.29 is 19.0 Å². The van der Waals surface area contributed by atoms with Gasteiger partial charge < -0.3 is 19.5 Å². The summed E-state index contributed by atoms with van der Waals surface area (Å²) in [6, 6.07) is 11.7. The van der Waals surface area contributed by atoms with Crippen LogP contribution in [0.3, 0.4) is 0 Å². The monoisotopic (exact) mass is 370 g/mol. The van der Waals surface area contributed by atoms with Gasteiger partial charge in [0, 0.05) is 24.8 Å². The molecule has 0 saturated heterocycles. The fraction of sp³-hybridized carbons (Fsp3) is 0.381. The highest BCUT2D eigenvalue weighted by molar-refractivity contribution is 5.93. The van der Waals surface area contributed by atoms with E-state index in [-0.39, 0.29) is 6.03 Å². The van der Waals surface area contributed by atoms with Gasteiger partial charge in [0.25, 0.3) is 0 Å². The number of carbonyl (C=O) groups is 1. The van der Waals surface area contributed by atoms with E-state index in [9.17, 15) is 4.79 Å². The molecule has 2 aromatic rings. The number of aryl methyl sites for hydroxylation is 1. The van der Waals surface area contributed by atoms with Crippen molar-refractivity contribution in [2.75, 3.05) is 39.3 Å². The predicted molar refractivity (Wildman–Crippen MR) is 105 cm³/mol. The Morgan fingerprint density at radius 2 is 1.74 bits per heavy atom. The Kier molecular flexibility index (Phi) is 6.06.